The summed E-state index contributed by atoms with van der Waals surface area (Å²) in [6.07, 6.45) is 2.36. The van der Waals surface area contributed by atoms with Gasteiger partial charge in [-0.3, -0.25) is 4.79 Å². The van der Waals surface area contributed by atoms with Gasteiger partial charge in [0.25, 0.3) is 5.91 Å². The molecule has 1 unspecified atom stereocenters. The topological polar surface area (TPSA) is 74.2 Å². The van der Waals surface area contributed by atoms with Gasteiger partial charge in [-0.1, -0.05) is 6.92 Å². The lowest BCUT2D eigenvalue weighted by molar-refractivity contribution is -0.112. The van der Waals surface area contributed by atoms with E-state index in [-0.39, 0.29) is 11.6 Å². The van der Waals surface area contributed by atoms with Gasteiger partial charge in [-0.15, -0.1) is 0 Å². The maximum absolute atomic E-state index is 11.9. The lowest BCUT2D eigenvalue weighted by atomic mass is 10.2. The standard InChI is InChI=1S/C15H19N3O2/c1-4-11(2)17-10-12(9-16)15(19)18-13-5-7-14(20-3)8-6-13/h5-8,10-11,17H,4H2,1-3H3,(H,18,19)/b12-10-. The predicted molar refractivity (Wildman–Crippen MR) is 78.2 cm³/mol. The Kier molecular flexibility index (Phi) is 6.11. The summed E-state index contributed by atoms with van der Waals surface area (Å²) in [5.41, 5.74) is 0.654. The molecule has 1 amide bonds. The zero-order valence-electron chi connectivity index (χ0n) is 11.9. The number of anilines is 1. The van der Waals surface area contributed by atoms with Gasteiger partial charge in [0, 0.05) is 17.9 Å². The smallest absolute Gasteiger partial charge is 0.267 e. The fourth-order valence-corrected chi connectivity index (χ4v) is 1.36. The second-order valence-corrected chi connectivity index (χ2v) is 4.33. The first-order valence-electron chi connectivity index (χ1n) is 6.42. The van der Waals surface area contributed by atoms with Crippen molar-refractivity contribution in [2.24, 2.45) is 0 Å². The van der Waals surface area contributed by atoms with Crippen LogP contribution in [-0.4, -0.2) is 19.1 Å². The molecule has 0 saturated heterocycles. The average molecular weight is 273 g/mol. The number of methoxy groups -OCH3 is 1. The van der Waals surface area contributed by atoms with Crippen LogP contribution in [0.25, 0.3) is 0 Å². The van der Waals surface area contributed by atoms with Crippen molar-refractivity contribution in [1.29, 1.82) is 5.26 Å². The number of ether oxygens (including phenoxy) is 1. The molecule has 1 rings (SSSR count). The van der Waals surface area contributed by atoms with E-state index in [2.05, 4.69) is 10.6 Å². The second kappa shape index (κ2) is 7.85. The Hall–Kier alpha value is -2.48. The number of nitrogens with zero attached hydrogens (tertiary/aromatic N) is 1. The van der Waals surface area contributed by atoms with E-state index in [4.69, 9.17) is 10.00 Å². The van der Waals surface area contributed by atoms with Gasteiger partial charge in [0.05, 0.1) is 7.11 Å². The van der Waals surface area contributed by atoms with Gasteiger partial charge >= 0.3 is 0 Å². The summed E-state index contributed by atoms with van der Waals surface area (Å²) in [5.74, 6) is 0.269. The van der Waals surface area contributed by atoms with Gasteiger partial charge in [0.15, 0.2) is 0 Å². The molecule has 0 radical (unpaired) electrons. The third-order valence-electron chi connectivity index (χ3n) is 2.84. The highest BCUT2D eigenvalue weighted by Gasteiger charge is 2.09. The van der Waals surface area contributed by atoms with Crippen LogP contribution in [0, 0.1) is 11.3 Å². The number of nitrogens with one attached hydrogen (secondary N) is 2. The molecule has 0 aliphatic rings. The fourth-order valence-electron chi connectivity index (χ4n) is 1.36. The van der Waals surface area contributed by atoms with Crippen molar-refractivity contribution < 1.29 is 9.53 Å². The monoisotopic (exact) mass is 273 g/mol. The SMILES string of the molecule is CCC(C)N/C=C(/C#N)C(=O)Nc1ccc(OC)cc1. The predicted octanol–water partition coefficient (Wildman–Crippen LogP) is 2.43. The van der Waals surface area contributed by atoms with Crippen LogP contribution in [-0.2, 0) is 4.79 Å². The Morgan fingerprint density at radius 3 is 2.60 bits per heavy atom. The lowest BCUT2D eigenvalue weighted by Gasteiger charge is -2.09. The highest BCUT2D eigenvalue weighted by Crippen LogP contribution is 2.15. The van der Waals surface area contributed by atoms with Crippen molar-refractivity contribution >= 4 is 11.6 Å². The number of carbonyl (C=O) groups is 1. The van der Waals surface area contributed by atoms with Crippen LogP contribution in [0.3, 0.4) is 0 Å². The van der Waals surface area contributed by atoms with Gasteiger partial charge in [0.1, 0.15) is 17.4 Å². The number of hydrogen-bond donors (Lipinski definition) is 2. The molecule has 0 fully saturated rings. The van der Waals surface area contributed by atoms with Crippen LogP contribution in [0.2, 0.25) is 0 Å². The van der Waals surface area contributed by atoms with Gasteiger partial charge in [-0.05, 0) is 37.6 Å². The molecule has 0 bridgehead atoms. The summed E-state index contributed by atoms with van der Waals surface area (Å²) in [4.78, 5) is 11.9. The molecular formula is C15H19N3O2. The number of carbonyl (C=O) groups excluding carboxylic acids is 1. The van der Waals surface area contributed by atoms with Crippen molar-refractivity contribution in [3.05, 3.63) is 36.0 Å². The van der Waals surface area contributed by atoms with Crippen LogP contribution in [0.4, 0.5) is 5.69 Å². The fraction of sp³-hybridized carbons (Fsp3) is 0.333. The van der Waals surface area contributed by atoms with Crippen molar-refractivity contribution in [2.75, 3.05) is 12.4 Å². The van der Waals surface area contributed by atoms with Crippen LogP contribution in [0.1, 0.15) is 20.3 Å². The summed E-state index contributed by atoms with van der Waals surface area (Å²) in [6, 6.07) is 9.01. The molecule has 1 aromatic carbocycles. The van der Waals surface area contributed by atoms with E-state index in [0.29, 0.717) is 11.4 Å². The summed E-state index contributed by atoms with van der Waals surface area (Å²) < 4.78 is 5.03. The molecule has 2 N–H and O–H groups in total. The van der Waals surface area contributed by atoms with Gasteiger partial charge < -0.3 is 15.4 Å². The maximum Gasteiger partial charge on any atom is 0.267 e. The maximum atomic E-state index is 11.9. The normalized spacial score (nSPS) is 12.2. The minimum absolute atomic E-state index is 0.0427. The van der Waals surface area contributed by atoms with Crippen LogP contribution >= 0.6 is 0 Å². The highest BCUT2D eigenvalue weighted by atomic mass is 16.5. The first kappa shape index (κ1) is 15.6. The van der Waals surface area contributed by atoms with E-state index in [1.165, 1.54) is 6.20 Å². The van der Waals surface area contributed by atoms with Crippen molar-refractivity contribution in [1.82, 2.24) is 5.32 Å². The molecule has 5 nitrogen and oxygen atoms in total. The van der Waals surface area contributed by atoms with E-state index < -0.39 is 5.91 Å². The zero-order chi connectivity index (χ0) is 15.0. The van der Waals surface area contributed by atoms with Crippen LogP contribution in [0.15, 0.2) is 36.0 Å². The molecule has 5 heteroatoms. The molecule has 0 aliphatic heterocycles. The zero-order valence-corrected chi connectivity index (χ0v) is 11.9. The Morgan fingerprint density at radius 2 is 2.10 bits per heavy atom. The number of amides is 1. The van der Waals surface area contributed by atoms with Crippen molar-refractivity contribution in [3.8, 4) is 11.8 Å². The summed E-state index contributed by atoms with van der Waals surface area (Å²) in [5, 5.41) is 14.7. The lowest BCUT2D eigenvalue weighted by Crippen LogP contribution is -2.22. The Morgan fingerprint density at radius 1 is 1.45 bits per heavy atom. The van der Waals surface area contributed by atoms with E-state index in [1.54, 1.807) is 31.4 Å². The number of benzene rings is 1. The Labute approximate surface area is 119 Å². The summed E-state index contributed by atoms with van der Waals surface area (Å²) in [7, 11) is 1.57. The Balaban J connectivity index is 2.69. The van der Waals surface area contributed by atoms with E-state index in [0.717, 1.165) is 6.42 Å². The van der Waals surface area contributed by atoms with Gasteiger partial charge in [0.2, 0.25) is 0 Å². The van der Waals surface area contributed by atoms with E-state index in [9.17, 15) is 4.79 Å². The molecule has 1 atom stereocenters. The minimum atomic E-state index is -0.437. The molecular weight excluding hydrogens is 254 g/mol. The van der Waals surface area contributed by atoms with Crippen molar-refractivity contribution in [3.63, 3.8) is 0 Å². The quantitative estimate of drug-likeness (QED) is 0.616. The molecule has 1 aromatic rings. The molecule has 0 heterocycles. The molecule has 0 aromatic heterocycles. The first-order valence-corrected chi connectivity index (χ1v) is 6.42. The second-order valence-electron chi connectivity index (χ2n) is 4.33. The first-order chi connectivity index (χ1) is 9.60. The number of hydrogen-bond acceptors (Lipinski definition) is 4. The van der Waals surface area contributed by atoms with Gasteiger partial charge in [-0.25, -0.2) is 0 Å². The molecule has 106 valence electrons. The summed E-state index contributed by atoms with van der Waals surface area (Å²) in [6.45, 7) is 4.00. The van der Waals surface area contributed by atoms with Crippen molar-refractivity contribution in [2.45, 2.75) is 26.3 Å². The molecule has 0 aliphatic carbocycles. The summed E-state index contributed by atoms with van der Waals surface area (Å²) >= 11 is 0. The van der Waals surface area contributed by atoms with Crippen LogP contribution in [0.5, 0.6) is 5.75 Å². The number of nitriles is 1. The largest absolute Gasteiger partial charge is 0.497 e. The van der Waals surface area contributed by atoms with E-state index in [1.807, 2.05) is 19.9 Å². The Bertz CT molecular complexity index is 515. The van der Waals surface area contributed by atoms with E-state index >= 15 is 0 Å². The molecule has 0 saturated carbocycles. The van der Waals surface area contributed by atoms with Gasteiger partial charge in [-0.2, -0.15) is 5.26 Å². The number of rotatable bonds is 6. The minimum Gasteiger partial charge on any atom is -0.497 e. The average Bonchev–Trinajstić information content (AvgIpc) is 2.48. The third kappa shape index (κ3) is 4.65. The third-order valence-corrected chi connectivity index (χ3v) is 2.84. The molecule has 20 heavy (non-hydrogen) atoms. The molecule has 0 spiro atoms. The highest BCUT2D eigenvalue weighted by molar-refractivity contribution is 6.06. The van der Waals surface area contributed by atoms with Crippen LogP contribution < -0.4 is 15.4 Å².